The zero-order valence-electron chi connectivity index (χ0n) is 9.89. The van der Waals surface area contributed by atoms with Gasteiger partial charge in [0.2, 0.25) is 0 Å². The fourth-order valence-corrected chi connectivity index (χ4v) is 4.04. The highest BCUT2D eigenvalue weighted by molar-refractivity contribution is 7.85. The minimum atomic E-state index is -0.584. The monoisotopic (exact) mass is 250 g/mol. The number of fused-ring (bicyclic) bond motifs is 1. The molecule has 0 radical (unpaired) electrons. The summed E-state index contributed by atoms with van der Waals surface area (Å²) in [6.45, 7) is 1.95. The summed E-state index contributed by atoms with van der Waals surface area (Å²) in [5.74, 6) is 1.67. The van der Waals surface area contributed by atoms with E-state index >= 15 is 0 Å². The van der Waals surface area contributed by atoms with Crippen molar-refractivity contribution in [1.29, 1.82) is 0 Å². The van der Waals surface area contributed by atoms with Crippen molar-refractivity contribution >= 4 is 16.5 Å². The summed E-state index contributed by atoms with van der Waals surface area (Å²) in [5.41, 5.74) is 9.53. The first kappa shape index (κ1) is 11.2. The molecule has 1 aliphatic carbocycles. The van der Waals surface area contributed by atoms with E-state index in [4.69, 9.17) is 5.73 Å². The molecule has 3 nitrogen and oxygen atoms in total. The zero-order valence-corrected chi connectivity index (χ0v) is 10.7. The van der Waals surface area contributed by atoms with Crippen LogP contribution >= 0.6 is 0 Å². The summed E-state index contributed by atoms with van der Waals surface area (Å²) in [6, 6.07) is 6.81. The smallest absolute Gasteiger partial charge is 0.0363 e. The number of nitrogens with zero attached hydrogens (tertiary/aromatic N) is 1. The number of hydrogen-bond acceptors (Lipinski definition) is 3. The number of rotatable bonds is 1. The Kier molecular flexibility index (Phi) is 2.92. The van der Waals surface area contributed by atoms with E-state index in [9.17, 15) is 4.21 Å². The Hall–Kier alpha value is -0.870. The van der Waals surface area contributed by atoms with Crippen LogP contribution < -0.4 is 5.73 Å². The quantitative estimate of drug-likeness (QED) is 0.765. The highest BCUT2D eigenvalue weighted by Gasteiger charge is 2.29. The third-order valence-corrected chi connectivity index (χ3v) is 5.14. The van der Waals surface area contributed by atoms with Crippen molar-refractivity contribution in [2.75, 3.05) is 30.3 Å². The van der Waals surface area contributed by atoms with Crippen molar-refractivity contribution in [3.8, 4) is 0 Å². The topological polar surface area (TPSA) is 46.3 Å². The van der Waals surface area contributed by atoms with E-state index in [2.05, 4.69) is 17.0 Å². The van der Waals surface area contributed by atoms with Crippen LogP contribution in [0.3, 0.4) is 0 Å². The van der Waals surface area contributed by atoms with Crippen molar-refractivity contribution in [2.24, 2.45) is 0 Å². The molecule has 1 aromatic rings. The van der Waals surface area contributed by atoms with Gasteiger partial charge in [-0.1, -0.05) is 6.07 Å². The highest BCUT2D eigenvalue weighted by Crippen LogP contribution is 2.36. The lowest BCUT2D eigenvalue weighted by Gasteiger charge is -2.32. The summed E-state index contributed by atoms with van der Waals surface area (Å²) in [4.78, 5) is 2.49. The van der Waals surface area contributed by atoms with Gasteiger partial charge in [0.05, 0.1) is 0 Å². The summed E-state index contributed by atoms with van der Waals surface area (Å²) in [5, 5.41) is 0. The molecule has 0 bridgehead atoms. The van der Waals surface area contributed by atoms with E-state index in [1.165, 1.54) is 17.5 Å². The summed E-state index contributed by atoms with van der Waals surface area (Å²) in [7, 11) is -0.584. The molecule has 0 aromatic heterocycles. The second-order valence-corrected chi connectivity index (χ2v) is 6.59. The lowest BCUT2D eigenvalue weighted by Crippen LogP contribution is -2.39. The predicted octanol–water partition coefficient (Wildman–Crippen LogP) is 1.32. The van der Waals surface area contributed by atoms with E-state index in [0.29, 0.717) is 6.04 Å². The molecule has 2 aliphatic rings. The molecule has 1 saturated heterocycles. The van der Waals surface area contributed by atoms with Gasteiger partial charge in [-0.25, -0.2) is 0 Å². The Labute approximate surface area is 104 Å². The van der Waals surface area contributed by atoms with Crippen molar-refractivity contribution in [3.63, 3.8) is 0 Å². The number of nitrogen functional groups attached to an aromatic ring is 1. The molecular formula is C13H18N2OS. The Bertz CT molecular complexity index is 451. The van der Waals surface area contributed by atoms with Gasteiger partial charge in [-0.3, -0.25) is 9.11 Å². The lowest BCUT2D eigenvalue weighted by molar-refractivity contribution is 0.216. The van der Waals surface area contributed by atoms with Gasteiger partial charge in [-0.05, 0) is 36.1 Å². The number of benzene rings is 1. The molecule has 1 heterocycles. The molecular weight excluding hydrogens is 232 g/mol. The van der Waals surface area contributed by atoms with Gasteiger partial charge in [-0.15, -0.1) is 0 Å². The molecule has 1 fully saturated rings. The molecule has 92 valence electrons. The third-order valence-electron chi connectivity index (χ3n) is 3.87. The van der Waals surface area contributed by atoms with Crippen molar-refractivity contribution in [1.82, 2.24) is 4.90 Å². The molecule has 0 amide bonds. The Balaban J connectivity index is 1.81. The maximum absolute atomic E-state index is 11.4. The number of anilines is 1. The van der Waals surface area contributed by atoms with E-state index in [1.807, 2.05) is 6.07 Å². The average molecular weight is 250 g/mol. The standard InChI is InChI=1S/C13H18N2OS/c14-11-2-3-12-10(9-11)1-4-13(12)15-5-7-17(16)8-6-15/h2-3,9,13H,1,4-8,14H2. The summed E-state index contributed by atoms with van der Waals surface area (Å²) < 4.78 is 11.4. The summed E-state index contributed by atoms with van der Waals surface area (Å²) in [6.07, 6.45) is 2.32. The first-order valence-electron chi connectivity index (χ1n) is 6.21. The highest BCUT2D eigenvalue weighted by atomic mass is 32.2. The van der Waals surface area contributed by atoms with Gasteiger partial charge in [-0.2, -0.15) is 0 Å². The normalized spacial score (nSPS) is 26.0. The second kappa shape index (κ2) is 4.42. The van der Waals surface area contributed by atoms with Gasteiger partial charge < -0.3 is 5.73 Å². The van der Waals surface area contributed by atoms with Crippen LogP contribution in [0.25, 0.3) is 0 Å². The van der Waals surface area contributed by atoms with E-state index in [0.717, 1.165) is 36.7 Å². The van der Waals surface area contributed by atoms with Gasteiger partial charge in [0.25, 0.3) is 0 Å². The van der Waals surface area contributed by atoms with Crippen LogP contribution in [0.15, 0.2) is 18.2 Å². The van der Waals surface area contributed by atoms with E-state index < -0.39 is 10.8 Å². The SMILES string of the molecule is Nc1ccc2c(c1)CCC2N1CCS(=O)CC1. The maximum Gasteiger partial charge on any atom is 0.0363 e. The fraction of sp³-hybridized carbons (Fsp3) is 0.538. The van der Waals surface area contributed by atoms with Crippen LogP contribution in [-0.4, -0.2) is 33.7 Å². The van der Waals surface area contributed by atoms with Crippen molar-refractivity contribution in [3.05, 3.63) is 29.3 Å². The van der Waals surface area contributed by atoms with Gasteiger partial charge in [0, 0.05) is 47.1 Å². The number of hydrogen-bond donors (Lipinski definition) is 1. The molecule has 1 unspecified atom stereocenters. The molecule has 2 N–H and O–H groups in total. The Morgan fingerprint density at radius 3 is 2.82 bits per heavy atom. The van der Waals surface area contributed by atoms with Crippen molar-refractivity contribution < 1.29 is 4.21 Å². The second-order valence-electron chi connectivity index (χ2n) is 4.90. The number of nitrogens with two attached hydrogens (primary N) is 1. The van der Waals surface area contributed by atoms with Crippen LogP contribution in [0.1, 0.15) is 23.6 Å². The molecule has 3 rings (SSSR count). The van der Waals surface area contributed by atoms with Crippen LogP contribution in [0.5, 0.6) is 0 Å². The van der Waals surface area contributed by atoms with E-state index in [-0.39, 0.29) is 0 Å². The maximum atomic E-state index is 11.4. The molecule has 4 heteroatoms. The average Bonchev–Trinajstić information content (AvgIpc) is 2.73. The number of aryl methyl sites for hydroxylation is 1. The van der Waals surface area contributed by atoms with Gasteiger partial charge in [0.1, 0.15) is 0 Å². The van der Waals surface area contributed by atoms with Gasteiger partial charge >= 0.3 is 0 Å². The molecule has 1 aliphatic heterocycles. The summed E-state index contributed by atoms with van der Waals surface area (Å²) >= 11 is 0. The molecule has 0 spiro atoms. The molecule has 1 atom stereocenters. The minimum Gasteiger partial charge on any atom is -0.399 e. The van der Waals surface area contributed by atoms with Crippen LogP contribution in [0, 0.1) is 0 Å². The zero-order chi connectivity index (χ0) is 11.8. The van der Waals surface area contributed by atoms with Crippen molar-refractivity contribution in [2.45, 2.75) is 18.9 Å². The first-order valence-corrected chi connectivity index (χ1v) is 7.70. The fourth-order valence-electron chi connectivity index (χ4n) is 2.96. The van der Waals surface area contributed by atoms with Crippen LogP contribution in [-0.2, 0) is 17.2 Å². The largest absolute Gasteiger partial charge is 0.399 e. The minimum absolute atomic E-state index is 0.530. The van der Waals surface area contributed by atoms with Gasteiger partial charge in [0.15, 0.2) is 0 Å². The first-order chi connectivity index (χ1) is 8.24. The molecule has 1 aromatic carbocycles. The molecule has 0 saturated carbocycles. The molecule has 17 heavy (non-hydrogen) atoms. The lowest BCUT2D eigenvalue weighted by atomic mass is 10.1. The van der Waals surface area contributed by atoms with Crippen LogP contribution in [0.4, 0.5) is 5.69 Å². The van der Waals surface area contributed by atoms with Crippen LogP contribution in [0.2, 0.25) is 0 Å². The Morgan fingerprint density at radius 2 is 2.06 bits per heavy atom. The van der Waals surface area contributed by atoms with E-state index in [1.54, 1.807) is 0 Å². The predicted molar refractivity (Wildman–Crippen MR) is 71.4 cm³/mol. The Morgan fingerprint density at radius 1 is 1.29 bits per heavy atom. The third kappa shape index (κ3) is 2.11.